The van der Waals surface area contributed by atoms with Crippen molar-refractivity contribution in [2.24, 2.45) is 0 Å². The average Bonchev–Trinajstić information content (AvgIpc) is 3.04. The van der Waals surface area contributed by atoms with E-state index in [4.69, 9.17) is 9.97 Å². The Labute approximate surface area is 261 Å². The van der Waals surface area contributed by atoms with Gasteiger partial charge in [-0.25, -0.2) is 4.98 Å². The zero-order valence-electron chi connectivity index (χ0n) is 23.3. The number of para-hydroxylation sites is 3. The van der Waals surface area contributed by atoms with E-state index in [0.29, 0.717) is 5.56 Å². The fraction of sp³-hybridized carbons (Fsp3) is 0.0833. The fourth-order valence-corrected chi connectivity index (χ4v) is 4.39. The third kappa shape index (κ3) is 7.16. The van der Waals surface area contributed by atoms with Gasteiger partial charge < -0.3 is 10.0 Å². The summed E-state index contributed by atoms with van der Waals surface area (Å²) < 4.78 is 0. The zero-order chi connectivity index (χ0) is 28.5. The molecule has 0 atom stereocenters. The molecule has 211 valence electrons. The van der Waals surface area contributed by atoms with E-state index in [1.54, 1.807) is 18.5 Å². The van der Waals surface area contributed by atoms with Crippen LogP contribution < -0.4 is 4.90 Å². The van der Waals surface area contributed by atoms with Gasteiger partial charge in [0.05, 0.1) is 17.1 Å². The molecule has 3 aromatic carbocycles. The molecular formula is C36H30IrN4O-2. The zero-order valence-corrected chi connectivity index (χ0v) is 25.7. The van der Waals surface area contributed by atoms with Gasteiger partial charge in [0, 0.05) is 43.5 Å². The van der Waals surface area contributed by atoms with Crippen LogP contribution >= 0.6 is 0 Å². The molecule has 1 radical (unpaired) electrons. The topological polar surface area (TPSA) is 62.1 Å². The molecule has 6 heteroatoms. The van der Waals surface area contributed by atoms with Crippen molar-refractivity contribution in [1.29, 1.82) is 0 Å². The maximum absolute atomic E-state index is 10.3. The summed E-state index contributed by atoms with van der Waals surface area (Å²) in [6.07, 6.45) is 3.50. The maximum Gasteiger partial charge on any atom is 0.134 e. The van der Waals surface area contributed by atoms with E-state index in [-0.39, 0.29) is 25.9 Å². The molecule has 3 heterocycles. The molecule has 0 aliphatic heterocycles. The monoisotopic (exact) mass is 727 g/mol. The molecule has 1 N–H and O–H groups in total. The minimum absolute atomic E-state index is 0. The first-order valence-electron chi connectivity index (χ1n) is 13.4. The minimum atomic E-state index is -0.483. The van der Waals surface area contributed by atoms with Crippen LogP contribution in [0.3, 0.4) is 0 Å². The minimum Gasteiger partial charge on any atom is -0.507 e. The van der Waals surface area contributed by atoms with Crippen LogP contribution in [0.15, 0.2) is 140 Å². The predicted molar refractivity (Wildman–Crippen MR) is 164 cm³/mol. The smallest absolute Gasteiger partial charge is 0.134 e. The first kappa shape index (κ1) is 30.3. The Morgan fingerprint density at radius 1 is 0.619 bits per heavy atom. The van der Waals surface area contributed by atoms with Crippen molar-refractivity contribution in [2.75, 3.05) is 4.90 Å². The number of pyridine rings is 3. The molecule has 6 rings (SSSR count). The molecule has 0 spiro atoms. The molecule has 0 bridgehead atoms. The van der Waals surface area contributed by atoms with Gasteiger partial charge in [-0.05, 0) is 62.4 Å². The Hall–Kier alpha value is -4.64. The van der Waals surface area contributed by atoms with Crippen LogP contribution in [0, 0.1) is 12.1 Å². The van der Waals surface area contributed by atoms with Crippen molar-refractivity contribution >= 4 is 17.2 Å². The van der Waals surface area contributed by atoms with Gasteiger partial charge in [0.2, 0.25) is 0 Å². The van der Waals surface area contributed by atoms with Crippen LogP contribution in [-0.4, -0.2) is 20.1 Å². The number of hydrogen-bond donors (Lipinski definition) is 1. The molecule has 0 aliphatic carbocycles. The standard InChI is InChI=1S/C31H25N3O.C5H5N.Ir/c1-31(2,28-20-11-18-26(32-28)25-17-9-10-19-27(25)35)29-21-12-22-30(33-29)34(23-13-5-3-6-14-23)24-15-7-4-8-16-24;1-2-4-6-5-3-1;/h3-13,15,17-22,35H,1-2H3;1-5H;/q-2;;. The second-order valence-corrected chi connectivity index (χ2v) is 9.79. The van der Waals surface area contributed by atoms with E-state index in [1.165, 1.54) is 0 Å². The summed E-state index contributed by atoms with van der Waals surface area (Å²) in [7, 11) is 0. The molecule has 0 saturated carbocycles. The van der Waals surface area contributed by atoms with Crippen LogP contribution in [0.1, 0.15) is 25.2 Å². The van der Waals surface area contributed by atoms with Gasteiger partial charge >= 0.3 is 0 Å². The largest absolute Gasteiger partial charge is 0.507 e. The summed E-state index contributed by atoms with van der Waals surface area (Å²) in [6, 6.07) is 47.2. The maximum atomic E-state index is 10.3. The van der Waals surface area contributed by atoms with Crippen molar-refractivity contribution in [2.45, 2.75) is 19.3 Å². The van der Waals surface area contributed by atoms with Crippen LogP contribution in [0.4, 0.5) is 17.2 Å². The number of hydrogen-bond acceptors (Lipinski definition) is 5. The van der Waals surface area contributed by atoms with Crippen molar-refractivity contribution in [3.05, 3.63) is 163 Å². The molecule has 42 heavy (non-hydrogen) atoms. The predicted octanol–water partition coefficient (Wildman–Crippen LogP) is 8.32. The van der Waals surface area contributed by atoms with Crippen molar-refractivity contribution in [1.82, 2.24) is 15.0 Å². The number of aromatic hydroxyl groups is 1. The summed E-state index contributed by atoms with van der Waals surface area (Å²) in [5.41, 5.74) is 4.47. The summed E-state index contributed by atoms with van der Waals surface area (Å²) in [5, 5.41) is 10.3. The molecule has 0 amide bonds. The number of aromatic nitrogens is 3. The van der Waals surface area contributed by atoms with Gasteiger partial charge in [-0.3, -0.25) is 9.97 Å². The molecule has 3 aromatic heterocycles. The summed E-state index contributed by atoms with van der Waals surface area (Å²) >= 11 is 0. The number of nitrogens with zero attached hydrogens (tertiary/aromatic N) is 4. The van der Waals surface area contributed by atoms with Gasteiger partial charge in [-0.2, -0.15) is 48.5 Å². The second-order valence-electron chi connectivity index (χ2n) is 9.79. The van der Waals surface area contributed by atoms with Crippen LogP contribution in [0.5, 0.6) is 5.75 Å². The van der Waals surface area contributed by atoms with Gasteiger partial charge in [-0.15, -0.1) is 12.1 Å². The summed E-state index contributed by atoms with van der Waals surface area (Å²) in [6.45, 7) is 4.23. The number of rotatable bonds is 6. The van der Waals surface area contributed by atoms with Gasteiger partial charge in [0.15, 0.2) is 0 Å². The molecular weight excluding hydrogens is 697 g/mol. The molecule has 0 fully saturated rings. The SMILES string of the molecule is CC(C)(c1cccc(-c2ccccc2O)n1)c1cccc(N(c2[c-]cccc2)c2[c-]cccc2)n1.[Ir].c1ccncc1. The first-order chi connectivity index (χ1) is 20.0. The second kappa shape index (κ2) is 14.3. The fourth-order valence-electron chi connectivity index (χ4n) is 4.39. The normalized spacial score (nSPS) is 10.5. The van der Waals surface area contributed by atoms with E-state index >= 15 is 0 Å². The van der Waals surface area contributed by atoms with E-state index in [0.717, 1.165) is 34.3 Å². The third-order valence-electron chi connectivity index (χ3n) is 6.61. The number of phenols is 1. The average molecular weight is 727 g/mol. The Kier molecular flexibility index (Phi) is 10.3. The first-order valence-corrected chi connectivity index (χ1v) is 13.4. The van der Waals surface area contributed by atoms with E-state index in [1.807, 2.05) is 126 Å². The van der Waals surface area contributed by atoms with Crippen molar-refractivity contribution < 1.29 is 25.2 Å². The van der Waals surface area contributed by atoms with Gasteiger partial charge in [0.25, 0.3) is 0 Å². The van der Waals surface area contributed by atoms with Gasteiger partial charge in [0.1, 0.15) is 11.6 Å². The van der Waals surface area contributed by atoms with Gasteiger partial charge in [-0.1, -0.05) is 41.7 Å². The van der Waals surface area contributed by atoms with Crippen LogP contribution in [0.2, 0.25) is 0 Å². The van der Waals surface area contributed by atoms with E-state index < -0.39 is 5.41 Å². The van der Waals surface area contributed by atoms with Crippen LogP contribution in [0.25, 0.3) is 11.3 Å². The number of anilines is 3. The van der Waals surface area contributed by atoms with E-state index in [2.05, 4.69) is 31.0 Å². The molecule has 0 aliphatic rings. The Bertz CT molecular complexity index is 1610. The number of benzene rings is 3. The Morgan fingerprint density at radius 3 is 1.76 bits per heavy atom. The van der Waals surface area contributed by atoms with Crippen LogP contribution in [-0.2, 0) is 25.5 Å². The van der Waals surface area contributed by atoms with Crippen molar-refractivity contribution in [3.63, 3.8) is 0 Å². The number of phenolic OH excluding ortho intramolecular Hbond substituents is 1. The van der Waals surface area contributed by atoms with Crippen molar-refractivity contribution in [3.8, 4) is 17.0 Å². The molecule has 0 unspecified atom stereocenters. The van der Waals surface area contributed by atoms with E-state index in [9.17, 15) is 5.11 Å². The Balaban J connectivity index is 0.000000516. The molecule has 5 nitrogen and oxygen atoms in total. The third-order valence-corrected chi connectivity index (χ3v) is 6.61. The summed E-state index contributed by atoms with van der Waals surface area (Å²) in [4.78, 5) is 15.8. The Morgan fingerprint density at radius 2 is 1.21 bits per heavy atom. The summed E-state index contributed by atoms with van der Waals surface area (Å²) in [5.74, 6) is 0.987. The molecule has 0 saturated heterocycles. The quantitative estimate of drug-likeness (QED) is 0.175. The molecule has 6 aromatic rings.